The number of hydrogen-bond donors (Lipinski definition) is 4. The highest BCUT2D eigenvalue weighted by molar-refractivity contribution is 5.92. The summed E-state index contributed by atoms with van der Waals surface area (Å²) in [5, 5.41) is 25.6. The van der Waals surface area contributed by atoms with Gasteiger partial charge >= 0.3 is 6.09 Å². The lowest BCUT2D eigenvalue weighted by Gasteiger charge is -2.34. The summed E-state index contributed by atoms with van der Waals surface area (Å²) in [5.41, 5.74) is -0.493. The van der Waals surface area contributed by atoms with Crippen molar-refractivity contribution in [3.05, 3.63) is 29.8 Å². The largest absolute Gasteiger partial charge is 0.508 e. The number of para-hydroxylation sites is 1. The zero-order valence-corrected chi connectivity index (χ0v) is 20.0. The molecule has 0 heterocycles. The summed E-state index contributed by atoms with van der Waals surface area (Å²) < 4.78 is 5.22. The van der Waals surface area contributed by atoms with Crippen molar-refractivity contribution < 1.29 is 29.3 Å². The third kappa shape index (κ3) is 7.92. The van der Waals surface area contributed by atoms with Crippen LogP contribution in [-0.4, -0.2) is 63.9 Å². The highest BCUT2D eigenvalue weighted by Gasteiger charge is 2.36. The first-order valence-corrected chi connectivity index (χ1v) is 11.5. The Morgan fingerprint density at radius 3 is 2.36 bits per heavy atom. The van der Waals surface area contributed by atoms with E-state index >= 15 is 0 Å². The minimum atomic E-state index is -1.17. The number of nitrogens with one attached hydrogen (secondary N) is 2. The van der Waals surface area contributed by atoms with Gasteiger partial charge in [0.25, 0.3) is 0 Å². The summed E-state index contributed by atoms with van der Waals surface area (Å²) in [4.78, 5) is 40.1. The van der Waals surface area contributed by atoms with Gasteiger partial charge in [-0.1, -0.05) is 37.5 Å². The average Bonchev–Trinajstić information content (AvgIpc) is 2.73. The molecule has 2 rings (SSSR count). The van der Waals surface area contributed by atoms with Crippen molar-refractivity contribution in [2.45, 2.75) is 83.5 Å². The molecule has 4 N–H and O–H groups in total. The number of nitrogens with zero attached hydrogens (tertiary/aromatic N) is 1. The van der Waals surface area contributed by atoms with Crippen molar-refractivity contribution in [2.24, 2.45) is 0 Å². The molecule has 0 aliphatic heterocycles. The van der Waals surface area contributed by atoms with Crippen molar-refractivity contribution in [1.82, 2.24) is 15.5 Å². The van der Waals surface area contributed by atoms with Crippen LogP contribution in [0, 0.1) is 0 Å². The fraction of sp³-hybridized carbons (Fsp3) is 0.625. The van der Waals surface area contributed by atoms with Crippen molar-refractivity contribution in [3.8, 4) is 5.75 Å². The Bertz CT molecular complexity index is 817. The lowest BCUT2D eigenvalue weighted by Crippen LogP contribution is -2.53. The number of carbonyl (C=O) groups is 3. The SMILES string of the molecule is CC(NC(=O)OC(C)(C)C)C(=O)N(CCO)C(C(=O)NC1CCCCC1)c1ccccc1O. The quantitative estimate of drug-likeness (QED) is 0.469. The third-order valence-electron chi connectivity index (χ3n) is 5.47. The van der Waals surface area contributed by atoms with E-state index in [1.807, 2.05) is 0 Å². The smallest absolute Gasteiger partial charge is 0.408 e. The molecule has 1 fully saturated rings. The van der Waals surface area contributed by atoms with E-state index in [9.17, 15) is 24.6 Å². The summed E-state index contributed by atoms with van der Waals surface area (Å²) in [7, 11) is 0. The number of alkyl carbamates (subject to hydrolysis) is 1. The first-order valence-electron chi connectivity index (χ1n) is 11.5. The van der Waals surface area contributed by atoms with E-state index in [0.29, 0.717) is 0 Å². The number of phenols is 1. The Morgan fingerprint density at radius 1 is 1.15 bits per heavy atom. The van der Waals surface area contributed by atoms with Gasteiger partial charge in [-0.25, -0.2) is 4.79 Å². The summed E-state index contributed by atoms with van der Waals surface area (Å²) in [6.07, 6.45) is 4.09. The third-order valence-corrected chi connectivity index (χ3v) is 5.47. The number of aliphatic hydroxyl groups is 1. The van der Waals surface area contributed by atoms with E-state index in [1.54, 1.807) is 39.0 Å². The molecule has 2 atom stereocenters. The van der Waals surface area contributed by atoms with Gasteiger partial charge in [-0.05, 0) is 46.6 Å². The van der Waals surface area contributed by atoms with Gasteiger partial charge in [0.05, 0.1) is 6.61 Å². The average molecular weight is 464 g/mol. The number of hydrogen-bond acceptors (Lipinski definition) is 6. The van der Waals surface area contributed by atoms with Crippen LogP contribution in [0.5, 0.6) is 5.75 Å². The van der Waals surface area contributed by atoms with Gasteiger partial charge in [-0.2, -0.15) is 0 Å². The lowest BCUT2D eigenvalue weighted by atomic mass is 9.94. The Kier molecular flexibility index (Phi) is 9.52. The lowest BCUT2D eigenvalue weighted by molar-refractivity contribution is -0.143. The molecule has 0 spiro atoms. The molecule has 1 aromatic rings. The molecule has 0 aromatic heterocycles. The number of phenolic OH excluding ortho intramolecular Hbond substituents is 1. The van der Waals surface area contributed by atoms with Gasteiger partial charge in [0.15, 0.2) is 0 Å². The van der Waals surface area contributed by atoms with Gasteiger partial charge in [0.2, 0.25) is 11.8 Å². The standard InChI is InChI=1S/C24H37N3O6/c1-16(25-23(32)33-24(2,3)4)22(31)27(14-15-28)20(18-12-8-9-13-19(18)29)21(30)26-17-10-6-5-7-11-17/h8-9,12-13,16-17,20,28-29H,5-7,10-11,14-15H2,1-4H3,(H,25,32)(H,26,30). The molecule has 184 valence electrons. The number of carbonyl (C=O) groups excluding carboxylic acids is 3. The van der Waals surface area contributed by atoms with Crippen LogP contribution >= 0.6 is 0 Å². The van der Waals surface area contributed by atoms with E-state index < -0.39 is 42.2 Å². The Morgan fingerprint density at radius 2 is 1.79 bits per heavy atom. The molecule has 1 aliphatic carbocycles. The Balaban J connectivity index is 2.31. The van der Waals surface area contributed by atoms with Gasteiger partial charge < -0.3 is 30.5 Å². The van der Waals surface area contributed by atoms with Crippen LogP contribution in [0.25, 0.3) is 0 Å². The maximum Gasteiger partial charge on any atom is 0.408 e. The molecule has 1 saturated carbocycles. The van der Waals surface area contributed by atoms with E-state index in [2.05, 4.69) is 10.6 Å². The molecular formula is C24H37N3O6. The predicted molar refractivity (Wildman–Crippen MR) is 123 cm³/mol. The Labute approximate surface area is 195 Å². The van der Waals surface area contributed by atoms with Gasteiger partial charge in [0.1, 0.15) is 23.4 Å². The molecular weight excluding hydrogens is 426 g/mol. The number of ether oxygens (including phenoxy) is 1. The minimum absolute atomic E-state index is 0.0111. The van der Waals surface area contributed by atoms with Crippen LogP contribution in [0.3, 0.4) is 0 Å². The van der Waals surface area contributed by atoms with E-state index in [1.165, 1.54) is 17.9 Å². The second-order valence-electron chi connectivity index (χ2n) is 9.43. The normalized spacial score (nSPS) is 16.4. The van der Waals surface area contributed by atoms with Crippen LogP contribution < -0.4 is 10.6 Å². The number of aromatic hydroxyl groups is 1. The number of rotatable bonds is 8. The van der Waals surface area contributed by atoms with Crippen LogP contribution in [0.1, 0.15) is 71.4 Å². The monoisotopic (exact) mass is 463 g/mol. The summed E-state index contributed by atoms with van der Waals surface area (Å²) in [6, 6.07) is 4.10. The number of aliphatic hydroxyl groups excluding tert-OH is 1. The highest BCUT2D eigenvalue weighted by Crippen LogP contribution is 2.30. The van der Waals surface area contributed by atoms with Gasteiger partial charge in [-0.3, -0.25) is 9.59 Å². The van der Waals surface area contributed by atoms with Crippen LogP contribution in [0.4, 0.5) is 4.79 Å². The Hall–Kier alpha value is -2.81. The zero-order chi connectivity index (χ0) is 24.6. The van der Waals surface area contributed by atoms with E-state index in [4.69, 9.17) is 4.74 Å². The fourth-order valence-corrected chi connectivity index (χ4v) is 3.97. The molecule has 0 bridgehead atoms. The molecule has 9 heteroatoms. The predicted octanol–water partition coefficient (Wildman–Crippen LogP) is 2.62. The first kappa shape index (κ1) is 26.4. The second-order valence-corrected chi connectivity index (χ2v) is 9.43. The van der Waals surface area contributed by atoms with Crippen molar-refractivity contribution in [2.75, 3.05) is 13.2 Å². The van der Waals surface area contributed by atoms with E-state index in [-0.39, 0.29) is 23.9 Å². The molecule has 0 radical (unpaired) electrons. The van der Waals surface area contributed by atoms with Crippen molar-refractivity contribution >= 4 is 17.9 Å². The second kappa shape index (κ2) is 11.9. The van der Waals surface area contributed by atoms with Crippen LogP contribution in [-0.2, 0) is 14.3 Å². The minimum Gasteiger partial charge on any atom is -0.508 e. The molecule has 1 aromatic carbocycles. The number of benzene rings is 1. The maximum atomic E-state index is 13.4. The molecule has 9 nitrogen and oxygen atoms in total. The molecule has 0 saturated heterocycles. The molecule has 1 aliphatic rings. The summed E-state index contributed by atoms with van der Waals surface area (Å²) >= 11 is 0. The van der Waals surface area contributed by atoms with Crippen LogP contribution in [0.15, 0.2) is 24.3 Å². The van der Waals surface area contributed by atoms with Crippen molar-refractivity contribution in [1.29, 1.82) is 0 Å². The first-order chi connectivity index (χ1) is 15.5. The highest BCUT2D eigenvalue weighted by atomic mass is 16.6. The topological polar surface area (TPSA) is 128 Å². The summed E-state index contributed by atoms with van der Waals surface area (Å²) in [6.45, 7) is 6.06. The zero-order valence-electron chi connectivity index (χ0n) is 20.0. The van der Waals surface area contributed by atoms with Gasteiger partial charge in [0, 0.05) is 18.2 Å². The summed E-state index contributed by atoms with van der Waals surface area (Å²) in [5.74, 6) is -1.15. The van der Waals surface area contributed by atoms with Crippen LogP contribution in [0.2, 0.25) is 0 Å². The molecule has 33 heavy (non-hydrogen) atoms. The maximum absolute atomic E-state index is 13.4. The van der Waals surface area contributed by atoms with Gasteiger partial charge in [-0.15, -0.1) is 0 Å². The fourth-order valence-electron chi connectivity index (χ4n) is 3.97. The molecule has 2 unspecified atom stereocenters. The van der Waals surface area contributed by atoms with Crippen molar-refractivity contribution in [3.63, 3.8) is 0 Å². The number of amides is 3. The molecule has 3 amide bonds. The van der Waals surface area contributed by atoms with E-state index in [0.717, 1.165) is 32.1 Å².